The first-order valence-electron chi connectivity index (χ1n) is 12.3. The van der Waals surface area contributed by atoms with Crippen molar-refractivity contribution in [2.75, 3.05) is 16.5 Å². The first-order valence-corrected chi connectivity index (χ1v) is 15.8. The lowest BCUT2D eigenvalue weighted by atomic mass is 10.1. The molecule has 0 aliphatic rings. The molecule has 21 heteroatoms. The number of fused-ring (bicyclic) bond motifs is 2. The minimum atomic E-state index is -4.45. The molecule has 0 aliphatic heterocycles. The van der Waals surface area contributed by atoms with Gasteiger partial charge in [0.15, 0.2) is 11.6 Å². The molecule has 0 unspecified atom stereocenters. The van der Waals surface area contributed by atoms with Crippen molar-refractivity contribution in [3.8, 4) is 5.75 Å². The summed E-state index contributed by atoms with van der Waals surface area (Å²) in [7, 11) is -4.45. The van der Waals surface area contributed by atoms with E-state index in [0.29, 0.717) is 44.5 Å². The highest BCUT2D eigenvalue weighted by atomic mass is 35.5. The van der Waals surface area contributed by atoms with Crippen LogP contribution < -0.4 is 10.6 Å². The smallest absolute Gasteiger partial charge is 0.283 e. The van der Waals surface area contributed by atoms with E-state index in [9.17, 15) is 17.9 Å². The Kier molecular flexibility index (Phi) is 10.7. The van der Waals surface area contributed by atoms with Crippen LogP contribution >= 0.6 is 35.7 Å². The van der Waals surface area contributed by atoms with Crippen LogP contribution in [0.15, 0.2) is 80.7 Å². The van der Waals surface area contributed by atoms with E-state index >= 15 is 0 Å². The van der Waals surface area contributed by atoms with Gasteiger partial charge in [0.25, 0.3) is 10.1 Å². The monoisotopic (exact) mass is 712 g/mol. The normalized spacial score (nSPS) is 11.9. The van der Waals surface area contributed by atoms with E-state index in [-0.39, 0.29) is 22.2 Å². The van der Waals surface area contributed by atoms with Crippen molar-refractivity contribution in [1.82, 2.24) is 9.97 Å². The topological polar surface area (TPSA) is 227 Å². The van der Waals surface area contributed by atoms with Crippen LogP contribution in [0.4, 0.5) is 33.2 Å². The van der Waals surface area contributed by atoms with E-state index in [1.807, 2.05) is 6.07 Å². The number of anilines is 3. The molecule has 46 heavy (non-hydrogen) atoms. The standard InChI is InChI=1S/C25H18ClFN6O10S3/c26-20-23(27)30-25(28-11-46(37,38)39)31-24(20)29-14-4-6-17-13(8-14)10-19(45-43-41-36)21(22(17)34)33-32-18-3-1-2-12-9-15(44-42-40-35)5-7-16(12)18/h1-10,34-36H,11H2,(H,37,38,39)(H2,28,29,30,31). The van der Waals surface area contributed by atoms with Crippen molar-refractivity contribution in [2.24, 2.45) is 10.2 Å². The van der Waals surface area contributed by atoms with Gasteiger partial charge in [-0.15, -0.1) is 18.9 Å². The molecule has 5 aromatic rings. The number of hydrogen-bond acceptors (Lipinski definition) is 17. The molecule has 0 bridgehead atoms. The number of azo groups is 1. The number of phenols is 1. The number of aromatic hydroxyl groups is 1. The molecule has 0 fully saturated rings. The third kappa shape index (κ3) is 8.07. The van der Waals surface area contributed by atoms with Crippen molar-refractivity contribution in [3.05, 3.63) is 71.6 Å². The van der Waals surface area contributed by atoms with E-state index in [1.54, 1.807) is 30.3 Å². The molecule has 1 heterocycles. The van der Waals surface area contributed by atoms with Gasteiger partial charge >= 0.3 is 0 Å². The van der Waals surface area contributed by atoms with E-state index in [0.717, 1.165) is 17.4 Å². The highest BCUT2D eigenvalue weighted by Gasteiger charge is 2.18. The average Bonchev–Trinajstić information content (AvgIpc) is 3.03. The number of rotatable bonds is 13. The third-order valence-electron chi connectivity index (χ3n) is 5.94. The Morgan fingerprint density at radius 3 is 2.46 bits per heavy atom. The maximum Gasteiger partial charge on any atom is 0.283 e. The predicted molar refractivity (Wildman–Crippen MR) is 165 cm³/mol. The molecule has 0 saturated carbocycles. The van der Waals surface area contributed by atoms with Crippen LogP contribution in [0.2, 0.25) is 5.02 Å². The van der Waals surface area contributed by atoms with Crippen LogP contribution in [0, 0.1) is 5.95 Å². The fourth-order valence-corrected chi connectivity index (χ4v) is 5.40. The van der Waals surface area contributed by atoms with E-state index in [4.69, 9.17) is 26.7 Å². The highest BCUT2D eigenvalue weighted by molar-refractivity contribution is 7.95. The van der Waals surface area contributed by atoms with Gasteiger partial charge in [0.05, 0.1) is 34.7 Å². The molecular weight excluding hydrogens is 695 g/mol. The second-order valence-corrected chi connectivity index (χ2v) is 12.2. The fourth-order valence-electron chi connectivity index (χ4n) is 4.06. The van der Waals surface area contributed by atoms with Crippen molar-refractivity contribution >= 4 is 96.2 Å². The van der Waals surface area contributed by atoms with E-state index < -0.39 is 32.9 Å². The summed E-state index contributed by atoms with van der Waals surface area (Å²) in [4.78, 5) is 8.15. The van der Waals surface area contributed by atoms with Crippen LogP contribution in [0.25, 0.3) is 21.5 Å². The van der Waals surface area contributed by atoms with Gasteiger partial charge in [-0.05, 0) is 53.2 Å². The Bertz CT molecular complexity index is 2060. The van der Waals surface area contributed by atoms with Crippen LogP contribution in [0.1, 0.15) is 0 Å². The van der Waals surface area contributed by atoms with Gasteiger partial charge in [0.1, 0.15) is 16.6 Å². The number of phenolic OH excluding ortho intramolecular Hbond substituents is 1. The number of benzene rings is 4. The van der Waals surface area contributed by atoms with Gasteiger partial charge in [-0.25, -0.2) is 10.5 Å². The Labute approximate surface area is 271 Å². The SMILES string of the molecule is O=S(=O)(O)CNc1nc(F)c(Cl)c(Nc2ccc3c(O)c(N=Nc4cccc5cc(SOOO)ccc45)c(SOOO)cc3c2)n1. The largest absolute Gasteiger partial charge is 0.505 e. The maximum absolute atomic E-state index is 14.3. The summed E-state index contributed by atoms with van der Waals surface area (Å²) < 4.78 is 54.4. The lowest BCUT2D eigenvalue weighted by molar-refractivity contribution is -0.432. The molecule has 4 aromatic carbocycles. The zero-order valence-corrected chi connectivity index (χ0v) is 25.7. The Hall–Kier alpha value is -3.93. The number of hydrogen-bond donors (Lipinski definition) is 6. The van der Waals surface area contributed by atoms with Crippen LogP contribution in [-0.2, 0) is 28.9 Å². The first kappa shape index (κ1) is 33.4. The van der Waals surface area contributed by atoms with E-state index in [1.165, 1.54) is 24.3 Å². The summed E-state index contributed by atoms with van der Waals surface area (Å²) in [6.07, 6.45) is 0. The summed E-state index contributed by atoms with van der Waals surface area (Å²) in [5, 5.41) is 50.9. The van der Waals surface area contributed by atoms with Gasteiger partial charge in [-0.3, -0.25) is 4.55 Å². The molecule has 6 N–H and O–H groups in total. The molecule has 0 spiro atoms. The number of halogens is 2. The van der Waals surface area contributed by atoms with Gasteiger partial charge in [-0.2, -0.15) is 22.8 Å². The lowest BCUT2D eigenvalue weighted by Gasteiger charge is -2.13. The van der Waals surface area contributed by atoms with Gasteiger partial charge in [0.2, 0.25) is 11.9 Å². The minimum Gasteiger partial charge on any atom is -0.505 e. The van der Waals surface area contributed by atoms with Crippen molar-refractivity contribution in [2.45, 2.75) is 9.79 Å². The summed E-state index contributed by atoms with van der Waals surface area (Å²) in [6.45, 7) is 0. The number of aromatic nitrogens is 2. The van der Waals surface area contributed by atoms with Crippen molar-refractivity contribution < 1.29 is 51.7 Å². The Balaban J connectivity index is 1.48. The number of nitrogens with one attached hydrogen (secondary N) is 2. The predicted octanol–water partition coefficient (Wildman–Crippen LogP) is 7.55. The summed E-state index contributed by atoms with van der Waals surface area (Å²) >= 11 is 7.32. The molecule has 0 radical (unpaired) electrons. The summed E-state index contributed by atoms with van der Waals surface area (Å²) in [6, 6.07) is 16.6. The van der Waals surface area contributed by atoms with Crippen molar-refractivity contribution in [1.29, 1.82) is 0 Å². The second-order valence-electron chi connectivity index (χ2n) is 8.85. The molecule has 0 aliphatic carbocycles. The Morgan fingerprint density at radius 2 is 1.70 bits per heavy atom. The Morgan fingerprint density at radius 1 is 0.935 bits per heavy atom. The van der Waals surface area contributed by atoms with Crippen molar-refractivity contribution in [3.63, 3.8) is 0 Å². The molecule has 0 atom stereocenters. The molecule has 5 rings (SSSR count). The maximum atomic E-state index is 14.3. The fraction of sp³-hybridized carbons (Fsp3) is 0.0400. The molecule has 16 nitrogen and oxygen atoms in total. The molecule has 240 valence electrons. The summed E-state index contributed by atoms with van der Waals surface area (Å²) in [5.74, 6) is -3.14. The zero-order valence-electron chi connectivity index (χ0n) is 22.5. The molecule has 0 saturated heterocycles. The van der Waals surface area contributed by atoms with Gasteiger partial charge in [0, 0.05) is 21.4 Å². The van der Waals surface area contributed by atoms with Crippen LogP contribution in [0.3, 0.4) is 0 Å². The van der Waals surface area contributed by atoms with Crippen LogP contribution in [0.5, 0.6) is 5.75 Å². The third-order valence-corrected chi connectivity index (χ3v) is 7.98. The van der Waals surface area contributed by atoms with E-state index in [2.05, 4.69) is 49.6 Å². The lowest BCUT2D eigenvalue weighted by Crippen LogP contribution is -2.16. The van der Waals surface area contributed by atoms with Gasteiger partial charge < -0.3 is 15.7 Å². The first-order chi connectivity index (χ1) is 22.1. The highest BCUT2D eigenvalue weighted by Crippen LogP contribution is 2.45. The number of nitrogens with zero attached hydrogens (tertiary/aromatic N) is 4. The average molecular weight is 713 g/mol. The minimum absolute atomic E-state index is 0.0246. The van der Waals surface area contributed by atoms with Crippen LogP contribution in [-0.4, -0.2) is 44.4 Å². The molecular formula is C25H18ClFN6O10S3. The molecule has 1 aromatic heterocycles. The quantitative estimate of drug-likeness (QED) is 0.0173. The second kappa shape index (κ2) is 14.7. The van der Waals surface area contributed by atoms with Gasteiger partial charge in [-0.1, -0.05) is 39.9 Å². The zero-order chi connectivity index (χ0) is 32.8. The molecule has 0 amide bonds. The summed E-state index contributed by atoms with van der Waals surface area (Å²) in [5.41, 5.74) is 0.729.